The van der Waals surface area contributed by atoms with Crippen LogP contribution in [0.15, 0.2) is 47.3 Å². The van der Waals surface area contributed by atoms with Gasteiger partial charge in [0.15, 0.2) is 0 Å². The van der Waals surface area contributed by atoms with Crippen LogP contribution in [-0.4, -0.2) is 11.5 Å². The summed E-state index contributed by atoms with van der Waals surface area (Å²) in [6, 6.07) is 7.29. The Kier molecular flexibility index (Phi) is 4.42. The highest BCUT2D eigenvalue weighted by atomic mass is 35.5. The van der Waals surface area contributed by atoms with Gasteiger partial charge in [-0.1, -0.05) is 6.07 Å². The zero-order chi connectivity index (χ0) is 16.4. The lowest BCUT2D eigenvalue weighted by Crippen LogP contribution is -2.34. The number of carbonyl (C=O) groups excluding carboxylic acids is 1. The Bertz CT molecular complexity index is 651. The molecule has 0 atom stereocenters. The van der Waals surface area contributed by atoms with Crippen molar-refractivity contribution in [3.8, 4) is 5.75 Å². The van der Waals surface area contributed by atoms with E-state index in [4.69, 9.17) is 16.0 Å². The summed E-state index contributed by atoms with van der Waals surface area (Å²) in [4.78, 5) is 12.4. The van der Waals surface area contributed by atoms with E-state index < -0.39 is 11.0 Å². The summed E-state index contributed by atoms with van der Waals surface area (Å²) < 4.78 is 34.5. The Morgan fingerprint density at radius 2 is 2.05 bits per heavy atom. The number of hydrogen-bond donors (Lipinski definition) is 1. The molecule has 0 unspecified atom stereocenters. The van der Waals surface area contributed by atoms with Crippen molar-refractivity contribution in [2.45, 2.75) is 24.8 Å². The summed E-state index contributed by atoms with van der Waals surface area (Å²) in [5.41, 5.74) is -3.64. The Labute approximate surface area is 131 Å². The molecule has 2 rings (SSSR count). The highest BCUT2D eigenvalue weighted by molar-refractivity contribution is 6.20. The minimum Gasteiger partial charge on any atom is -0.472 e. The van der Waals surface area contributed by atoms with Gasteiger partial charge < -0.3 is 14.5 Å². The third-order valence-electron chi connectivity index (χ3n) is 3.14. The average molecular weight is 330 g/mol. The molecule has 0 aliphatic heterocycles. The quantitative estimate of drug-likeness (QED) is 0.829. The number of amides is 1. The van der Waals surface area contributed by atoms with Gasteiger partial charge in [-0.2, -0.15) is 0 Å². The number of halogens is 3. The first-order valence-electron chi connectivity index (χ1n) is 6.38. The first-order chi connectivity index (χ1) is 10.2. The van der Waals surface area contributed by atoms with Gasteiger partial charge >= 0.3 is 5.57 Å². The molecule has 7 heteroatoms. The first-order valence-corrected chi connectivity index (χ1v) is 6.76. The second-order valence-electron chi connectivity index (χ2n) is 5.17. The molecular weight excluding hydrogens is 316 g/mol. The van der Waals surface area contributed by atoms with E-state index in [1.54, 1.807) is 26.0 Å². The van der Waals surface area contributed by atoms with Gasteiger partial charge in [0.25, 0.3) is 0 Å². The van der Waals surface area contributed by atoms with Crippen molar-refractivity contribution in [2.75, 3.05) is 5.32 Å². The number of ether oxygens (including phenoxy) is 1. The third kappa shape index (κ3) is 3.98. The molecule has 0 bridgehead atoms. The van der Waals surface area contributed by atoms with Gasteiger partial charge in [0, 0.05) is 28.9 Å². The predicted octanol–water partition coefficient (Wildman–Crippen LogP) is 4.36. The molecule has 1 N–H and O–H groups in total. The fourth-order valence-corrected chi connectivity index (χ4v) is 1.90. The van der Waals surface area contributed by atoms with Crippen LogP contribution in [-0.2, 0) is 10.2 Å². The van der Waals surface area contributed by atoms with E-state index in [1.807, 2.05) is 0 Å². The molecule has 0 aliphatic rings. The molecule has 0 spiro atoms. The summed E-state index contributed by atoms with van der Waals surface area (Å²) in [6.07, 6.45) is 2.95. The number of benzene rings is 1. The molecule has 4 nitrogen and oxygen atoms in total. The third-order valence-corrected chi connectivity index (χ3v) is 3.21. The number of furan rings is 1. The summed E-state index contributed by atoms with van der Waals surface area (Å²) >= 11 is 4.71. The van der Waals surface area contributed by atoms with Crippen LogP contribution in [0.5, 0.6) is 5.75 Å². The van der Waals surface area contributed by atoms with Crippen LogP contribution in [0.25, 0.3) is 0 Å². The Morgan fingerprint density at radius 3 is 2.64 bits per heavy atom. The van der Waals surface area contributed by atoms with Gasteiger partial charge in [-0.15, -0.1) is 8.78 Å². The molecule has 0 aliphatic carbocycles. The average Bonchev–Trinajstić information content (AvgIpc) is 2.91. The maximum Gasteiger partial charge on any atom is 0.487 e. The lowest BCUT2D eigenvalue weighted by Gasteiger charge is -2.22. The number of nitrogens with one attached hydrogen (secondary N) is 1. The summed E-state index contributed by atoms with van der Waals surface area (Å²) in [5, 5.41) is 2.65. The Morgan fingerprint density at radius 1 is 1.32 bits per heavy atom. The van der Waals surface area contributed by atoms with E-state index in [2.05, 4.69) is 10.1 Å². The highest BCUT2D eigenvalue weighted by Gasteiger charge is 2.31. The van der Waals surface area contributed by atoms with Crippen LogP contribution in [0.3, 0.4) is 0 Å². The molecule has 1 amide bonds. The van der Waals surface area contributed by atoms with E-state index in [1.165, 1.54) is 30.7 Å². The molecule has 1 aromatic carbocycles. The summed E-state index contributed by atoms with van der Waals surface area (Å²) in [5.74, 6) is -0.470. The number of hydrogen-bond acceptors (Lipinski definition) is 3. The SMILES string of the molecule is CC(C)(C(=O)Nc1cccc(OC(F)(F)Cl)c1)c1ccoc1. The molecule has 22 heavy (non-hydrogen) atoms. The number of alkyl halides is 3. The van der Waals surface area contributed by atoms with Crippen LogP contribution in [0.1, 0.15) is 19.4 Å². The minimum absolute atomic E-state index is 0.154. The van der Waals surface area contributed by atoms with E-state index in [0.29, 0.717) is 11.3 Å². The largest absolute Gasteiger partial charge is 0.487 e. The molecular formula is C15H14ClF2NO3. The van der Waals surface area contributed by atoms with Crippen molar-refractivity contribution in [1.82, 2.24) is 0 Å². The number of anilines is 1. The van der Waals surface area contributed by atoms with Crippen molar-refractivity contribution in [3.05, 3.63) is 48.4 Å². The van der Waals surface area contributed by atoms with Crippen molar-refractivity contribution in [3.63, 3.8) is 0 Å². The number of rotatable bonds is 5. The van der Waals surface area contributed by atoms with Crippen molar-refractivity contribution in [1.29, 1.82) is 0 Å². The second kappa shape index (κ2) is 5.96. The standard InChI is InChI=1S/C15H14ClF2NO3/c1-14(2,10-6-7-21-9-10)13(20)19-11-4-3-5-12(8-11)22-15(16,17)18/h3-9H,1-2H3,(H,19,20). The smallest absolute Gasteiger partial charge is 0.472 e. The lowest BCUT2D eigenvalue weighted by molar-refractivity contribution is -0.120. The monoisotopic (exact) mass is 329 g/mol. The summed E-state index contributed by atoms with van der Waals surface area (Å²) in [6.45, 7) is 3.45. The van der Waals surface area contributed by atoms with Crippen molar-refractivity contribution < 1.29 is 22.7 Å². The van der Waals surface area contributed by atoms with Gasteiger partial charge in [-0.3, -0.25) is 4.79 Å². The molecule has 2 aromatic rings. The number of carbonyl (C=O) groups is 1. The fourth-order valence-electron chi connectivity index (χ4n) is 1.81. The van der Waals surface area contributed by atoms with Crippen LogP contribution in [0, 0.1) is 0 Å². The van der Waals surface area contributed by atoms with E-state index in [0.717, 1.165) is 0 Å². The minimum atomic E-state index is -3.81. The van der Waals surface area contributed by atoms with Crippen molar-refractivity contribution >= 4 is 23.2 Å². The van der Waals surface area contributed by atoms with Crippen LogP contribution in [0.2, 0.25) is 0 Å². The second-order valence-corrected chi connectivity index (χ2v) is 5.61. The maximum absolute atomic E-state index is 12.6. The van der Waals surface area contributed by atoms with Crippen LogP contribution < -0.4 is 10.1 Å². The molecule has 1 aromatic heterocycles. The fraction of sp³-hybridized carbons (Fsp3) is 0.267. The predicted molar refractivity (Wildman–Crippen MR) is 78.2 cm³/mol. The summed E-state index contributed by atoms with van der Waals surface area (Å²) in [7, 11) is 0. The van der Waals surface area contributed by atoms with E-state index >= 15 is 0 Å². The Hall–Kier alpha value is -2.08. The molecule has 0 radical (unpaired) electrons. The van der Waals surface area contributed by atoms with E-state index in [9.17, 15) is 13.6 Å². The molecule has 0 saturated carbocycles. The zero-order valence-corrected chi connectivity index (χ0v) is 12.7. The molecule has 0 fully saturated rings. The zero-order valence-electron chi connectivity index (χ0n) is 11.9. The highest BCUT2D eigenvalue weighted by Crippen LogP contribution is 2.29. The van der Waals surface area contributed by atoms with Crippen LogP contribution >= 0.6 is 11.6 Å². The topological polar surface area (TPSA) is 51.5 Å². The Balaban J connectivity index is 2.14. The van der Waals surface area contributed by atoms with Crippen molar-refractivity contribution in [2.24, 2.45) is 0 Å². The molecule has 0 saturated heterocycles. The lowest BCUT2D eigenvalue weighted by atomic mass is 9.85. The van der Waals surface area contributed by atoms with Gasteiger partial charge in [0.2, 0.25) is 5.91 Å². The molecule has 118 valence electrons. The molecule has 1 heterocycles. The van der Waals surface area contributed by atoms with Crippen LogP contribution in [0.4, 0.5) is 14.5 Å². The maximum atomic E-state index is 12.6. The van der Waals surface area contributed by atoms with Gasteiger partial charge in [0.05, 0.1) is 17.9 Å². The van der Waals surface area contributed by atoms with E-state index in [-0.39, 0.29) is 11.7 Å². The normalized spacial score (nSPS) is 12.0. The van der Waals surface area contributed by atoms with Gasteiger partial charge in [0.1, 0.15) is 5.75 Å². The van der Waals surface area contributed by atoms with Gasteiger partial charge in [-0.05, 0) is 32.0 Å². The first kappa shape index (κ1) is 16.3. The van der Waals surface area contributed by atoms with Gasteiger partial charge in [-0.25, -0.2) is 0 Å².